The highest BCUT2D eigenvalue weighted by Gasteiger charge is 2.27. The fourth-order valence-electron chi connectivity index (χ4n) is 2.50. The Kier molecular flexibility index (Phi) is 4.21. The average molecular weight is 261 g/mol. The molecule has 1 fully saturated rings. The third-order valence-corrected chi connectivity index (χ3v) is 3.94. The first-order valence-electron chi connectivity index (χ1n) is 6.80. The first kappa shape index (κ1) is 14.0. The maximum Gasteiger partial charge on any atom is 0.128 e. The fraction of sp³-hybridized carbons (Fsp3) is 0.562. The van der Waals surface area contributed by atoms with Crippen molar-refractivity contribution in [1.29, 1.82) is 5.26 Å². The van der Waals surface area contributed by atoms with Crippen LogP contribution in [0.25, 0.3) is 0 Å². The third kappa shape index (κ3) is 3.78. The van der Waals surface area contributed by atoms with Crippen LogP contribution in [0.1, 0.15) is 50.7 Å². The zero-order chi connectivity index (χ0) is 13.9. The Balaban J connectivity index is 1.91. The molecule has 1 saturated carbocycles. The predicted octanol–water partition coefficient (Wildman–Crippen LogP) is 4.18. The Morgan fingerprint density at radius 2 is 2.05 bits per heavy atom. The molecule has 0 heterocycles. The van der Waals surface area contributed by atoms with Crippen LogP contribution in [0.2, 0.25) is 0 Å². The van der Waals surface area contributed by atoms with Gasteiger partial charge in [0.15, 0.2) is 0 Å². The Morgan fingerprint density at radius 1 is 1.37 bits per heavy atom. The minimum absolute atomic E-state index is 0.221. The SMILES string of the molecule is CC1(C)CCC(OCc2cc(C#N)ccc2F)CC1. The first-order valence-corrected chi connectivity index (χ1v) is 6.80. The van der Waals surface area contributed by atoms with Crippen molar-refractivity contribution in [3.8, 4) is 6.07 Å². The first-order chi connectivity index (χ1) is 9.00. The number of halogens is 1. The van der Waals surface area contributed by atoms with Crippen molar-refractivity contribution in [2.75, 3.05) is 0 Å². The average Bonchev–Trinajstić information content (AvgIpc) is 2.39. The molecule has 0 spiro atoms. The molecule has 2 rings (SSSR count). The molecule has 2 nitrogen and oxygen atoms in total. The quantitative estimate of drug-likeness (QED) is 0.817. The lowest BCUT2D eigenvalue weighted by atomic mass is 9.76. The summed E-state index contributed by atoms with van der Waals surface area (Å²) in [6, 6.07) is 6.42. The van der Waals surface area contributed by atoms with Crippen LogP contribution in [0.3, 0.4) is 0 Å². The number of nitrogens with zero attached hydrogens (tertiary/aromatic N) is 1. The van der Waals surface area contributed by atoms with Crippen LogP contribution in [0.5, 0.6) is 0 Å². The molecule has 3 heteroatoms. The molecule has 0 unspecified atom stereocenters. The van der Waals surface area contributed by atoms with E-state index in [0.717, 1.165) is 25.7 Å². The second kappa shape index (κ2) is 5.71. The normalized spacial score (nSPS) is 19.1. The van der Waals surface area contributed by atoms with Crippen molar-refractivity contribution in [2.45, 2.75) is 52.2 Å². The highest BCUT2D eigenvalue weighted by atomic mass is 19.1. The molecule has 1 aromatic rings. The zero-order valence-electron chi connectivity index (χ0n) is 11.6. The van der Waals surface area contributed by atoms with Gasteiger partial charge in [-0.1, -0.05) is 13.8 Å². The number of nitriles is 1. The number of hydrogen-bond acceptors (Lipinski definition) is 2. The second-order valence-electron chi connectivity index (χ2n) is 6.09. The lowest BCUT2D eigenvalue weighted by Gasteiger charge is -2.34. The zero-order valence-corrected chi connectivity index (χ0v) is 11.6. The summed E-state index contributed by atoms with van der Waals surface area (Å²) >= 11 is 0. The van der Waals surface area contributed by atoms with Crippen LogP contribution in [-0.2, 0) is 11.3 Å². The van der Waals surface area contributed by atoms with Crippen molar-refractivity contribution in [2.24, 2.45) is 5.41 Å². The number of ether oxygens (including phenoxy) is 1. The smallest absolute Gasteiger partial charge is 0.128 e. The summed E-state index contributed by atoms with van der Waals surface area (Å²) in [4.78, 5) is 0. The Labute approximate surface area is 114 Å². The van der Waals surface area contributed by atoms with Crippen LogP contribution >= 0.6 is 0 Å². The topological polar surface area (TPSA) is 33.0 Å². The van der Waals surface area contributed by atoms with Gasteiger partial charge in [0, 0.05) is 5.56 Å². The summed E-state index contributed by atoms with van der Waals surface area (Å²) in [5, 5.41) is 8.81. The molecule has 0 saturated heterocycles. The van der Waals surface area contributed by atoms with Gasteiger partial charge in [-0.15, -0.1) is 0 Å². The molecule has 0 atom stereocenters. The van der Waals surface area contributed by atoms with E-state index < -0.39 is 0 Å². The third-order valence-electron chi connectivity index (χ3n) is 3.94. The van der Waals surface area contributed by atoms with Crippen molar-refractivity contribution in [3.05, 3.63) is 35.1 Å². The van der Waals surface area contributed by atoms with Gasteiger partial charge in [0.05, 0.1) is 24.3 Å². The number of hydrogen-bond donors (Lipinski definition) is 0. The van der Waals surface area contributed by atoms with Gasteiger partial charge in [-0.2, -0.15) is 5.26 Å². The van der Waals surface area contributed by atoms with Gasteiger partial charge >= 0.3 is 0 Å². The lowest BCUT2D eigenvalue weighted by Crippen LogP contribution is -2.26. The molecule has 0 bridgehead atoms. The van der Waals surface area contributed by atoms with E-state index in [1.807, 2.05) is 6.07 Å². The van der Waals surface area contributed by atoms with Crippen LogP contribution in [0, 0.1) is 22.6 Å². The Hall–Kier alpha value is -1.40. The van der Waals surface area contributed by atoms with Gasteiger partial charge in [-0.05, 0) is 49.3 Å². The van der Waals surface area contributed by atoms with Crippen molar-refractivity contribution in [3.63, 3.8) is 0 Å². The van der Waals surface area contributed by atoms with Crippen molar-refractivity contribution < 1.29 is 9.13 Å². The minimum atomic E-state index is -0.296. The van der Waals surface area contributed by atoms with E-state index in [0.29, 0.717) is 16.5 Å². The van der Waals surface area contributed by atoms with E-state index in [4.69, 9.17) is 10.00 Å². The largest absolute Gasteiger partial charge is 0.373 e. The van der Waals surface area contributed by atoms with Crippen LogP contribution in [-0.4, -0.2) is 6.10 Å². The standard InChI is InChI=1S/C16H20FNO/c1-16(2)7-5-14(6-8-16)19-11-13-9-12(10-18)3-4-15(13)17/h3-4,9,14H,5-8,11H2,1-2H3. The highest BCUT2D eigenvalue weighted by molar-refractivity contribution is 5.33. The van der Waals surface area contributed by atoms with Crippen molar-refractivity contribution >= 4 is 0 Å². The summed E-state index contributed by atoms with van der Waals surface area (Å²) in [6.07, 6.45) is 4.59. The highest BCUT2D eigenvalue weighted by Crippen LogP contribution is 2.36. The van der Waals surface area contributed by atoms with Gasteiger partial charge in [0.2, 0.25) is 0 Å². The Morgan fingerprint density at radius 3 is 2.68 bits per heavy atom. The maximum atomic E-state index is 13.6. The van der Waals surface area contributed by atoms with E-state index in [-0.39, 0.29) is 18.5 Å². The summed E-state index contributed by atoms with van der Waals surface area (Å²) < 4.78 is 19.4. The lowest BCUT2D eigenvalue weighted by molar-refractivity contribution is -0.00660. The molecule has 1 aliphatic rings. The minimum Gasteiger partial charge on any atom is -0.373 e. The Bertz CT molecular complexity index is 480. The number of rotatable bonds is 3. The molecular formula is C16H20FNO. The molecule has 0 radical (unpaired) electrons. The van der Waals surface area contributed by atoms with Gasteiger partial charge in [-0.3, -0.25) is 0 Å². The molecule has 102 valence electrons. The summed E-state index contributed by atoms with van der Waals surface area (Å²) in [7, 11) is 0. The predicted molar refractivity (Wildman–Crippen MR) is 71.9 cm³/mol. The summed E-state index contributed by atoms with van der Waals surface area (Å²) in [5.41, 5.74) is 1.36. The van der Waals surface area contributed by atoms with Gasteiger partial charge < -0.3 is 4.74 Å². The maximum absolute atomic E-state index is 13.6. The molecule has 19 heavy (non-hydrogen) atoms. The molecule has 0 aliphatic heterocycles. The fourth-order valence-corrected chi connectivity index (χ4v) is 2.50. The van der Waals surface area contributed by atoms with Gasteiger partial charge in [0.1, 0.15) is 5.82 Å². The van der Waals surface area contributed by atoms with E-state index in [1.165, 1.54) is 12.1 Å². The molecule has 0 aromatic heterocycles. The van der Waals surface area contributed by atoms with E-state index in [2.05, 4.69) is 13.8 Å². The molecule has 1 aromatic carbocycles. The molecular weight excluding hydrogens is 241 g/mol. The molecule has 0 N–H and O–H groups in total. The monoisotopic (exact) mass is 261 g/mol. The number of benzene rings is 1. The summed E-state index contributed by atoms with van der Waals surface area (Å²) in [5.74, 6) is -0.296. The molecule has 0 amide bonds. The molecule has 1 aliphatic carbocycles. The van der Waals surface area contributed by atoms with E-state index >= 15 is 0 Å². The second-order valence-corrected chi connectivity index (χ2v) is 6.09. The summed E-state index contributed by atoms with van der Waals surface area (Å²) in [6.45, 7) is 4.81. The van der Waals surface area contributed by atoms with Crippen LogP contribution in [0.4, 0.5) is 4.39 Å². The van der Waals surface area contributed by atoms with Gasteiger partial charge in [-0.25, -0.2) is 4.39 Å². The van der Waals surface area contributed by atoms with Crippen molar-refractivity contribution in [1.82, 2.24) is 0 Å². The van der Waals surface area contributed by atoms with Crippen LogP contribution < -0.4 is 0 Å². The van der Waals surface area contributed by atoms with Gasteiger partial charge in [0.25, 0.3) is 0 Å². The van der Waals surface area contributed by atoms with E-state index in [1.54, 1.807) is 6.07 Å². The van der Waals surface area contributed by atoms with E-state index in [9.17, 15) is 4.39 Å². The van der Waals surface area contributed by atoms with Crippen LogP contribution in [0.15, 0.2) is 18.2 Å².